The smallest absolute Gasteiger partial charge is 0.421 e. The zero-order valence-corrected chi connectivity index (χ0v) is 20.3. The number of carbonyl (C=O) groups is 3. The number of H-pyrrole nitrogens is 1. The van der Waals surface area contributed by atoms with Crippen LogP contribution in [0.2, 0.25) is 10.0 Å². The molecule has 0 atom stereocenters. The van der Waals surface area contributed by atoms with Gasteiger partial charge in [-0.1, -0.05) is 23.2 Å². The molecule has 2 aromatic rings. The van der Waals surface area contributed by atoms with Crippen LogP contribution in [-0.2, 0) is 7.86 Å². The van der Waals surface area contributed by atoms with Crippen molar-refractivity contribution in [2.24, 2.45) is 0 Å². The predicted molar refractivity (Wildman–Crippen MR) is 126 cm³/mol. The lowest BCUT2D eigenvalue weighted by Crippen LogP contribution is -2.51. The predicted octanol–water partition coefficient (Wildman–Crippen LogP) is 3.70. The molecule has 180 valence electrons. The fourth-order valence-electron chi connectivity index (χ4n) is 3.04. The summed E-state index contributed by atoms with van der Waals surface area (Å²) in [5.74, 6) is -4.27. The Morgan fingerprint density at radius 3 is 2.41 bits per heavy atom. The minimum atomic E-state index is -2.83. The number of carbonyl (C=O) groups excluding carboxylic acids is 3. The number of hydrogen-bond donors (Lipinski definition) is 4. The molecule has 10 nitrogen and oxygen atoms in total. The molecule has 0 bridgehead atoms. The van der Waals surface area contributed by atoms with Gasteiger partial charge in [0.15, 0.2) is 30.5 Å². The largest absolute Gasteiger partial charge is 0.453 e. The van der Waals surface area contributed by atoms with E-state index in [0.29, 0.717) is 0 Å². The summed E-state index contributed by atoms with van der Waals surface area (Å²) < 4.78 is 36.4. The van der Waals surface area contributed by atoms with Gasteiger partial charge in [0.25, 0.3) is 23.3 Å². The van der Waals surface area contributed by atoms with Crippen molar-refractivity contribution in [3.63, 3.8) is 0 Å². The van der Waals surface area contributed by atoms with Crippen molar-refractivity contribution in [2.75, 3.05) is 5.32 Å². The highest BCUT2D eigenvalue weighted by Crippen LogP contribution is 2.39. The summed E-state index contributed by atoms with van der Waals surface area (Å²) in [5, 5.41) is 7.16. The van der Waals surface area contributed by atoms with Gasteiger partial charge in [0, 0.05) is 36.8 Å². The van der Waals surface area contributed by atoms with Crippen LogP contribution in [0.15, 0.2) is 29.2 Å². The summed E-state index contributed by atoms with van der Waals surface area (Å²) in [6, 6.07) is 3.07. The molecular weight excluding hydrogens is 616 g/mol. The quantitative estimate of drug-likeness (QED) is 0.360. The minimum Gasteiger partial charge on any atom is -0.453 e. The maximum atomic E-state index is 13.0. The maximum Gasteiger partial charge on any atom is 0.421 e. The van der Waals surface area contributed by atoms with E-state index in [1.807, 2.05) is 0 Å². The Hall–Kier alpha value is -2.78. The van der Waals surface area contributed by atoms with Crippen LogP contribution in [0.1, 0.15) is 23.2 Å². The summed E-state index contributed by atoms with van der Waals surface area (Å²) in [5.41, 5.74) is -0.872. The van der Waals surface area contributed by atoms with Crippen LogP contribution in [-0.4, -0.2) is 38.5 Å². The van der Waals surface area contributed by atoms with Gasteiger partial charge in [-0.15, -0.1) is 0 Å². The number of ether oxygens (including phenoxy) is 1. The second-order valence-electron chi connectivity index (χ2n) is 7.22. The molecule has 0 saturated heterocycles. The van der Waals surface area contributed by atoms with E-state index in [9.17, 15) is 28.0 Å². The van der Waals surface area contributed by atoms with Gasteiger partial charge in [0.2, 0.25) is 0 Å². The summed E-state index contributed by atoms with van der Waals surface area (Å²) in [4.78, 5) is 50.0. The molecule has 15 heteroatoms. The van der Waals surface area contributed by atoms with E-state index in [4.69, 9.17) is 31.0 Å². The van der Waals surface area contributed by atoms with Crippen molar-refractivity contribution in [3.8, 4) is 11.5 Å². The molecule has 1 aromatic heterocycles. The molecule has 1 aliphatic heterocycles. The van der Waals surface area contributed by atoms with E-state index in [2.05, 4.69) is 20.9 Å². The number of rotatable bonds is 6. The number of alkyl halides is 2. The first-order valence-corrected chi connectivity index (χ1v) is 12.1. The number of amides is 3. The molecule has 3 amide bonds. The Morgan fingerprint density at radius 2 is 1.82 bits per heavy atom. The number of aromatic amines is 1. The molecule has 4 rings (SSSR count). The zero-order valence-electron chi connectivity index (χ0n) is 16.6. The minimum absolute atomic E-state index is 0.00426. The lowest BCUT2D eigenvalue weighted by Gasteiger charge is -2.35. The average molecular weight is 629 g/mol. The molecule has 2 heterocycles. The van der Waals surface area contributed by atoms with Crippen molar-refractivity contribution in [1.82, 2.24) is 15.6 Å². The molecule has 0 spiro atoms. The normalized spacial score (nSPS) is 16.8. The Kier molecular flexibility index (Phi) is 6.78. The van der Waals surface area contributed by atoms with Crippen LogP contribution in [0.5, 0.6) is 11.5 Å². The van der Waals surface area contributed by atoms with Crippen molar-refractivity contribution in [3.05, 3.63) is 50.4 Å². The number of pyridine rings is 1. The second-order valence-corrected chi connectivity index (χ2v) is 9.99. The monoisotopic (exact) mass is 628 g/mol. The summed E-state index contributed by atoms with van der Waals surface area (Å²) in [6.45, 7) is 0. The summed E-state index contributed by atoms with van der Waals surface area (Å²) >= 11 is 11.2. The third-order valence-electron chi connectivity index (χ3n) is 4.62. The second kappa shape index (κ2) is 9.46. The number of benzene rings is 1. The number of nitrogens with one attached hydrogen (secondary N) is 4. The van der Waals surface area contributed by atoms with Gasteiger partial charge < -0.3 is 23.4 Å². The molecule has 1 saturated carbocycles. The number of halogens is 5. The lowest BCUT2D eigenvalue weighted by atomic mass is 9.88. The van der Waals surface area contributed by atoms with Crippen molar-refractivity contribution < 1.29 is 31.0 Å². The number of hydrogen-bond acceptors (Lipinski definition) is 6. The topological polar surface area (TPSA) is 139 Å². The molecule has 0 unspecified atom stereocenters. The van der Waals surface area contributed by atoms with Crippen LogP contribution in [0.3, 0.4) is 0 Å². The van der Waals surface area contributed by atoms with Crippen molar-refractivity contribution in [2.45, 2.75) is 24.8 Å². The Bertz CT molecular complexity index is 1270. The van der Waals surface area contributed by atoms with E-state index < -0.39 is 69.4 Å². The standard InChI is InChI=1S/C19H13Cl2F2IN4O6/c20-11-1-7(26-17(31)14-24-34-18(32)28-14)2-12(21)13(11)33-9-3-10(15(29)25-6-9)16(30)27-8-4-19(22,23)5-8/h1-3,6,8H,4-5H2,(H,25,29)(H,26,31)(H,27,30)(H,28,32). The fourth-order valence-corrected chi connectivity index (χ4v) is 4.80. The number of aromatic nitrogens is 1. The Balaban J connectivity index is 1.47. The zero-order chi connectivity index (χ0) is 24.6. The van der Waals surface area contributed by atoms with Gasteiger partial charge in [0.05, 0.1) is 10.0 Å². The highest BCUT2D eigenvalue weighted by atomic mass is 127. The lowest BCUT2D eigenvalue weighted by molar-refractivity contribution is -0.110. The van der Waals surface area contributed by atoms with Crippen molar-refractivity contribution in [1.29, 1.82) is 0 Å². The third kappa shape index (κ3) is 5.47. The van der Waals surface area contributed by atoms with Crippen LogP contribution in [0.4, 0.5) is 19.3 Å². The SMILES string of the molecule is O=C1NC(C(=O)Nc2cc(Cl)c(Oc3c[nH]c(=O)c(C(=O)NC4CC(F)(F)C4)c3)c(Cl)c2)=IO1. The van der Waals surface area contributed by atoms with Crippen LogP contribution in [0, 0.1) is 0 Å². The molecule has 1 aliphatic carbocycles. The van der Waals surface area contributed by atoms with E-state index in [-0.39, 0.29) is 36.4 Å². The first kappa shape index (κ1) is 24.3. The fraction of sp³-hybridized carbons (Fsp3) is 0.211. The van der Waals surface area contributed by atoms with Gasteiger partial charge in [-0.3, -0.25) is 19.7 Å². The van der Waals surface area contributed by atoms with Gasteiger partial charge in [-0.25, -0.2) is 13.6 Å². The first-order chi connectivity index (χ1) is 16.0. The summed E-state index contributed by atoms with van der Waals surface area (Å²) in [6.07, 6.45) is -0.526. The van der Waals surface area contributed by atoms with E-state index in [1.54, 1.807) is 0 Å². The van der Waals surface area contributed by atoms with Gasteiger partial charge in [-0.2, -0.15) is 0 Å². The van der Waals surface area contributed by atoms with E-state index in [1.165, 1.54) is 18.3 Å². The molecule has 1 fully saturated rings. The Morgan fingerprint density at radius 1 is 1.15 bits per heavy atom. The van der Waals surface area contributed by atoms with Crippen LogP contribution in [0.25, 0.3) is 0 Å². The first-order valence-electron chi connectivity index (χ1n) is 9.40. The highest BCUT2D eigenvalue weighted by molar-refractivity contribution is 14.2. The molecule has 0 radical (unpaired) electrons. The molecule has 1 aromatic carbocycles. The van der Waals surface area contributed by atoms with Crippen LogP contribution >= 0.6 is 44.3 Å². The molecule has 34 heavy (non-hydrogen) atoms. The summed E-state index contributed by atoms with van der Waals surface area (Å²) in [7, 11) is 0. The van der Waals surface area contributed by atoms with Gasteiger partial charge >= 0.3 is 6.09 Å². The number of anilines is 1. The third-order valence-corrected chi connectivity index (χ3v) is 7.00. The Labute approximate surface area is 209 Å². The van der Waals surface area contributed by atoms with Gasteiger partial charge in [0.1, 0.15) is 11.3 Å². The molecular formula is C19H13Cl2F2IN4O6. The molecule has 4 N–H and O–H groups in total. The van der Waals surface area contributed by atoms with E-state index in [0.717, 1.165) is 6.07 Å². The van der Waals surface area contributed by atoms with Crippen molar-refractivity contribution >= 4 is 71.6 Å². The maximum absolute atomic E-state index is 13.0. The molecule has 2 aliphatic rings. The van der Waals surface area contributed by atoms with Crippen LogP contribution < -0.4 is 26.2 Å². The van der Waals surface area contributed by atoms with Gasteiger partial charge in [-0.05, 0) is 12.1 Å². The highest BCUT2D eigenvalue weighted by Gasteiger charge is 2.46. The van der Waals surface area contributed by atoms with E-state index >= 15 is 0 Å². The average Bonchev–Trinajstić information content (AvgIpc) is 3.17.